The largest absolute Gasteiger partial charge is 0.416 e. The van der Waals surface area contributed by atoms with Crippen molar-refractivity contribution < 1.29 is 13.2 Å². The van der Waals surface area contributed by atoms with Crippen LogP contribution in [0.3, 0.4) is 0 Å². The van der Waals surface area contributed by atoms with Crippen LogP contribution in [-0.2, 0) is 12.7 Å². The van der Waals surface area contributed by atoms with Crippen LogP contribution in [-0.4, -0.2) is 30.6 Å². The summed E-state index contributed by atoms with van der Waals surface area (Å²) < 4.78 is 38.6. The molecule has 0 radical (unpaired) electrons. The van der Waals surface area contributed by atoms with E-state index in [0.29, 0.717) is 11.6 Å². The van der Waals surface area contributed by atoms with E-state index in [0.717, 1.165) is 38.5 Å². The zero-order valence-corrected chi connectivity index (χ0v) is 11.7. The predicted molar refractivity (Wildman–Crippen MR) is 73.4 cm³/mol. The quantitative estimate of drug-likeness (QED) is 0.914. The van der Waals surface area contributed by atoms with Crippen LogP contribution in [0.4, 0.5) is 13.2 Å². The molecule has 0 bridgehead atoms. The molecule has 1 fully saturated rings. The molecule has 1 aromatic rings. The van der Waals surface area contributed by atoms with Crippen molar-refractivity contribution in [2.45, 2.75) is 38.5 Å². The van der Waals surface area contributed by atoms with E-state index in [1.807, 2.05) is 0 Å². The van der Waals surface area contributed by atoms with E-state index in [-0.39, 0.29) is 6.54 Å². The molecule has 1 aromatic carbocycles. The number of rotatable bonds is 4. The van der Waals surface area contributed by atoms with Gasteiger partial charge in [0.15, 0.2) is 0 Å². The summed E-state index contributed by atoms with van der Waals surface area (Å²) in [5.41, 5.74) is -0.198. The van der Waals surface area contributed by atoms with Gasteiger partial charge in [0.1, 0.15) is 0 Å². The first kappa shape index (κ1) is 15.3. The normalized spacial score (nSPS) is 18.4. The van der Waals surface area contributed by atoms with Crippen LogP contribution in [0.1, 0.15) is 30.9 Å². The van der Waals surface area contributed by atoms with Gasteiger partial charge in [-0.05, 0) is 44.1 Å². The maximum atomic E-state index is 12.9. The van der Waals surface area contributed by atoms with Crippen molar-refractivity contribution in [2.24, 2.45) is 0 Å². The van der Waals surface area contributed by atoms with Gasteiger partial charge in [0.25, 0.3) is 0 Å². The molecule has 5 heteroatoms. The maximum absolute atomic E-state index is 12.9. The number of nitrogens with one attached hydrogen (secondary N) is 1. The summed E-state index contributed by atoms with van der Waals surface area (Å²) in [5.74, 6) is 0. The second kappa shape index (κ2) is 6.59. The second-order valence-corrected chi connectivity index (χ2v) is 5.24. The van der Waals surface area contributed by atoms with Crippen LogP contribution >= 0.6 is 0 Å². The summed E-state index contributed by atoms with van der Waals surface area (Å²) in [7, 11) is 0. The van der Waals surface area contributed by atoms with Crippen molar-refractivity contribution in [3.05, 3.63) is 35.4 Å². The van der Waals surface area contributed by atoms with E-state index in [2.05, 4.69) is 17.1 Å². The minimum absolute atomic E-state index is 0.284. The zero-order chi connectivity index (χ0) is 14.6. The Balaban J connectivity index is 1.92. The molecule has 0 unspecified atom stereocenters. The van der Waals surface area contributed by atoms with E-state index in [1.165, 1.54) is 6.07 Å². The lowest BCUT2D eigenvalue weighted by atomic mass is 10.0. The smallest absolute Gasteiger partial charge is 0.310 e. The van der Waals surface area contributed by atoms with Crippen molar-refractivity contribution in [3.8, 4) is 0 Å². The van der Waals surface area contributed by atoms with Gasteiger partial charge in [-0.1, -0.05) is 25.1 Å². The second-order valence-electron chi connectivity index (χ2n) is 5.24. The van der Waals surface area contributed by atoms with E-state index in [1.54, 1.807) is 12.1 Å². The van der Waals surface area contributed by atoms with Gasteiger partial charge in [0.2, 0.25) is 0 Å². The van der Waals surface area contributed by atoms with E-state index >= 15 is 0 Å². The van der Waals surface area contributed by atoms with Gasteiger partial charge >= 0.3 is 6.18 Å². The fourth-order valence-electron chi connectivity index (χ4n) is 2.66. The molecule has 0 saturated carbocycles. The van der Waals surface area contributed by atoms with Crippen LogP contribution in [0.15, 0.2) is 24.3 Å². The molecule has 2 nitrogen and oxygen atoms in total. The van der Waals surface area contributed by atoms with Crippen molar-refractivity contribution in [1.29, 1.82) is 0 Å². The Morgan fingerprint density at radius 3 is 2.45 bits per heavy atom. The molecule has 1 saturated heterocycles. The topological polar surface area (TPSA) is 15.3 Å². The SMILES string of the molecule is CCN1CCC(NCc2ccccc2C(F)(F)F)CC1. The summed E-state index contributed by atoms with van der Waals surface area (Å²) in [6.07, 6.45) is -2.27. The first-order valence-corrected chi connectivity index (χ1v) is 7.11. The number of benzene rings is 1. The molecule has 0 aromatic heterocycles. The van der Waals surface area contributed by atoms with Gasteiger partial charge in [-0.25, -0.2) is 0 Å². The predicted octanol–water partition coefficient (Wildman–Crippen LogP) is 3.28. The molecule has 20 heavy (non-hydrogen) atoms. The molecular formula is C15H21F3N2. The fraction of sp³-hybridized carbons (Fsp3) is 0.600. The van der Waals surface area contributed by atoms with Crippen molar-refractivity contribution in [3.63, 3.8) is 0 Å². The zero-order valence-electron chi connectivity index (χ0n) is 11.7. The Labute approximate surface area is 118 Å². The highest BCUT2D eigenvalue weighted by atomic mass is 19.4. The fourth-order valence-corrected chi connectivity index (χ4v) is 2.66. The number of alkyl halides is 3. The standard InChI is InChI=1S/C15H21F3N2/c1-2-20-9-7-13(8-10-20)19-11-12-5-3-4-6-14(12)15(16,17)18/h3-6,13,19H,2,7-11H2,1H3. The lowest BCUT2D eigenvalue weighted by molar-refractivity contribution is -0.138. The third-order valence-corrected chi connectivity index (χ3v) is 3.94. The van der Waals surface area contributed by atoms with Gasteiger partial charge < -0.3 is 10.2 Å². The average molecular weight is 286 g/mol. The van der Waals surface area contributed by atoms with Gasteiger partial charge in [-0.2, -0.15) is 13.2 Å². The van der Waals surface area contributed by atoms with Gasteiger partial charge in [0, 0.05) is 12.6 Å². The van der Waals surface area contributed by atoms with Crippen LogP contribution in [0.25, 0.3) is 0 Å². The highest BCUT2D eigenvalue weighted by Crippen LogP contribution is 2.31. The van der Waals surface area contributed by atoms with E-state index < -0.39 is 11.7 Å². The molecule has 0 aliphatic carbocycles. The van der Waals surface area contributed by atoms with Gasteiger partial charge in [-0.15, -0.1) is 0 Å². The molecule has 1 aliphatic heterocycles. The van der Waals surface area contributed by atoms with Crippen LogP contribution in [0, 0.1) is 0 Å². The highest BCUT2D eigenvalue weighted by Gasteiger charge is 2.32. The summed E-state index contributed by atoms with van der Waals surface area (Å²) in [4.78, 5) is 2.36. The van der Waals surface area contributed by atoms with Crippen molar-refractivity contribution in [2.75, 3.05) is 19.6 Å². The number of likely N-dealkylation sites (tertiary alicyclic amines) is 1. The molecule has 0 spiro atoms. The summed E-state index contributed by atoms with van der Waals surface area (Å²) in [6.45, 7) is 5.51. The highest BCUT2D eigenvalue weighted by molar-refractivity contribution is 5.29. The summed E-state index contributed by atoms with van der Waals surface area (Å²) >= 11 is 0. The molecule has 112 valence electrons. The Hall–Kier alpha value is -1.07. The Morgan fingerprint density at radius 2 is 1.85 bits per heavy atom. The molecular weight excluding hydrogens is 265 g/mol. The van der Waals surface area contributed by atoms with Crippen LogP contribution in [0.5, 0.6) is 0 Å². The third kappa shape index (κ3) is 3.96. The van der Waals surface area contributed by atoms with Crippen molar-refractivity contribution >= 4 is 0 Å². The summed E-state index contributed by atoms with van der Waals surface area (Å²) in [5, 5.41) is 3.27. The first-order chi connectivity index (χ1) is 9.50. The number of hydrogen-bond donors (Lipinski definition) is 1. The van der Waals surface area contributed by atoms with Crippen LogP contribution in [0.2, 0.25) is 0 Å². The van der Waals surface area contributed by atoms with Gasteiger partial charge in [0.05, 0.1) is 5.56 Å². The van der Waals surface area contributed by atoms with Gasteiger partial charge in [-0.3, -0.25) is 0 Å². The molecule has 2 rings (SSSR count). The monoisotopic (exact) mass is 286 g/mol. The minimum Gasteiger partial charge on any atom is -0.310 e. The molecule has 0 amide bonds. The molecule has 1 N–H and O–H groups in total. The number of nitrogens with zero attached hydrogens (tertiary/aromatic N) is 1. The lowest BCUT2D eigenvalue weighted by Gasteiger charge is -2.31. The average Bonchev–Trinajstić information content (AvgIpc) is 2.45. The number of halogens is 3. The third-order valence-electron chi connectivity index (χ3n) is 3.94. The minimum atomic E-state index is -4.27. The number of piperidine rings is 1. The lowest BCUT2D eigenvalue weighted by Crippen LogP contribution is -2.42. The Kier molecular flexibility index (Phi) is 5.05. The molecule has 1 aliphatic rings. The first-order valence-electron chi connectivity index (χ1n) is 7.11. The molecule has 1 heterocycles. The number of hydrogen-bond acceptors (Lipinski definition) is 2. The molecule has 0 atom stereocenters. The van der Waals surface area contributed by atoms with Crippen LogP contribution < -0.4 is 5.32 Å². The Bertz CT molecular complexity index is 423. The maximum Gasteiger partial charge on any atom is 0.416 e. The Morgan fingerprint density at radius 1 is 1.20 bits per heavy atom. The summed E-state index contributed by atoms with van der Waals surface area (Å²) in [6, 6.07) is 6.12. The van der Waals surface area contributed by atoms with Crippen molar-refractivity contribution in [1.82, 2.24) is 10.2 Å². The van der Waals surface area contributed by atoms with E-state index in [4.69, 9.17) is 0 Å². The van der Waals surface area contributed by atoms with E-state index in [9.17, 15) is 13.2 Å².